The van der Waals surface area contributed by atoms with Gasteiger partial charge in [-0.3, -0.25) is 4.79 Å². The van der Waals surface area contributed by atoms with Crippen LogP contribution >= 0.6 is 0 Å². The minimum atomic E-state index is -0.102. The van der Waals surface area contributed by atoms with E-state index in [4.69, 9.17) is 14.2 Å². The number of ether oxygens (including phenoxy) is 3. The fraction of sp³-hybridized carbons (Fsp3) is 0.676. The van der Waals surface area contributed by atoms with Gasteiger partial charge in [-0.15, -0.1) is 0 Å². The van der Waals surface area contributed by atoms with E-state index in [0.29, 0.717) is 0 Å². The van der Waals surface area contributed by atoms with Crippen LogP contribution in [0.2, 0.25) is 0 Å². The van der Waals surface area contributed by atoms with Gasteiger partial charge in [0.25, 0.3) is 0 Å². The highest BCUT2D eigenvalue weighted by Gasteiger charge is 2.43. The topological polar surface area (TPSA) is 44.8 Å². The molecule has 0 saturated carbocycles. The largest absolute Gasteiger partial charge is 0.461 e. The molecule has 2 fully saturated rings. The van der Waals surface area contributed by atoms with Crippen LogP contribution in [0.1, 0.15) is 115 Å². The lowest BCUT2D eigenvalue weighted by Gasteiger charge is -2.38. The molecule has 0 aliphatic carbocycles. The Morgan fingerprint density at radius 3 is 2.37 bits per heavy atom. The second kappa shape index (κ2) is 19.2. The Morgan fingerprint density at radius 2 is 1.66 bits per heavy atom. The molecular weight excluding hydrogens is 472 g/mol. The Balaban J connectivity index is 1.31. The molecule has 4 atom stereocenters. The Morgan fingerprint density at radius 1 is 0.921 bits per heavy atom. The Hall–Kier alpha value is -1.91. The summed E-state index contributed by atoms with van der Waals surface area (Å²) in [6, 6.07) is 10.3. The first kappa shape index (κ1) is 30.6. The number of cyclic esters (lactones) is 1. The first-order valence-corrected chi connectivity index (χ1v) is 15.6. The number of hydrogen-bond acceptors (Lipinski definition) is 4. The summed E-state index contributed by atoms with van der Waals surface area (Å²) in [5, 5.41) is 0. The lowest BCUT2D eigenvalue weighted by molar-refractivity contribution is -0.210. The van der Waals surface area contributed by atoms with Gasteiger partial charge in [-0.25, -0.2) is 0 Å². The third-order valence-corrected chi connectivity index (χ3v) is 7.77. The van der Waals surface area contributed by atoms with Gasteiger partial charge in [-0.1, -0.05) is 100 Å². The average Bonchev–Trinajstić information content (AvgIpc) is 2.94. The van der Waals surface area contributed by atoms with E-state index in [1.54, 1.807) is 0 Å². The molecule has 1 aromatic rings. The molecule has 0 bridgehead atoms. The first-order chi connectivity index (χ1) is 18.8. The molecule has 3 rings (SSSR count). The van der Waals surface area contributed by atoms with E-state index < -0.39 is 0 Å². The molecule has 0 spiro atoms. The molecule has 2 aliphatic rings. The smallest absolute Gasteiger partial charge is 0.313 e. The number of esters is 1. The molecule has 2 heterocycles. The normalized spacial score (nSPS) is 22.6. The number of hydrogen-bond donors (Lipinski definition) is 0. The van der Waals surface area contributed by atoms with Crippen LogP contribution in [0, 0.1) is 5.92 Å². The minimum absolute atomic E-state index is 0.0470. The van der Waals surface area contributed by atoms with Gasteiger partial charge in [0.1, 0.15) is 6.10 Å². The van der Waals surface area contributed by atoms with Gasteiger partial charge < -0.3 is 14.2 Å². The van der Waals surface area contributed by atoms with Gasteiger partial charge in [-0.05, 0) is 69.8 Å². The molecule has 4 nitrogen and oxygen atoms in total. The monoisotopic (exact) mass is 524 g/mol. The van der Waals surface area contributed by atoms with Crippen LogP contribution in [-0.4, -0.2) is 31.1 Å². The van der Waals surface area contributed by atoms with Gasteiger partial charge in [-0.2, -0.15) is 0 Å². The van der Waals surface area contributed by atoms with Crippen molar-refractivity contribution < 1.29 is 19.0 Å². The minimum Gasteiger partial charge on any atom is -0.461 e. The fourth-order valence-electron chi connectivity index (χ4n) is 5.41. The van der Waals surface area contributed by atoms with Crippen molar-refractivity contribution in [1.82, 2.24) is 0 Å². The van der Waals surface area contributed by atoms with Gasteiger partial charge in [0, 0.05) is 13.0 Å². The number of allylic oxidation sites excluding steroid dienone is 4. The molecule has 1 aromatic carbocycles. The maximum absolute atomic E-state index is 12.2. The number of rotatable bonds is 20. The highest BCUT2D eigenvalue weighted by Crippen LogP contribution is 2.32. The highest BCUT2D eigenvalue weighted by atomic mass is 16.7. The van der Waals surface area contributed by atoms with Crippen molar-refractivity contribution in [2.24, 2.45) is 5.92 Å². The van der Waals surface area contributed by atoms with E-state index in [0.717, 1.165) is 58.0 Å². The van der Waals surface area contributed by atoms with Crippen molar-refractivity contribution >= 4 is 5.97 Å². The molecule has 4 unspecified atom stereocenters. The van der Waals surface area contributed by atoms with Crippen molar-refractivity contribution in [3.63, 3.8) is 0 Å². The Labute approximate surface area is 232 Å². The molecule has 212 valence electrons. The lowest BCUT2D eigenvalue weighted by Crippen LogP contribution is -2.48. The second-order valence-electron chi connectivity index (χ2n) is 11.1. The summed E-state index contributed by atoms with van der Waals surface area (Å²) in [4.78, 5) is 12.2. The van der Waals surface area contributed by atoms with Crippen LogP contribution in [0.25, 0.3) is 0 Å². The third kappa shape index (κ3) is 12.3. The Kier molecular flexibility index (Phi) is 15.5. The van der Waals surface area contributed by atoms with Crippen molar-refractivity contribution in [1.29, 1.82) is 0 Å². The van der Waals surface area contributed by atoms with Crippen molar-refractivity contribution in [3.8, 4) is 0 Å². The molecule has 0 amide bonds. The number of carbonyl (C=O) groups excluding carboxylic acids is 1. The summed E-state index contributed by atoms with van der Waals surface area (Å²) in [6.07, 6.45) is 28.7. The van der Waals surface area contributed by atoms with Gasteiger partial charge >= 0.3 is 5.97 Å². The van der Waals surface area contributed by atoms with E-state index in [2.05, 4.69) is 43.4 Å². The standard InChI is InChI=1S/C34H52O4/c1-2-3-4-5-6-7-8-9-10-11-12-13-14-15-19-24-30(37-33-25-20-21-26-36-33)28-32-31(34(35)38-32)27-29-22-17-16-18-23-29/h6-7,9-10,16-18,22-23,30-33H,2-5,8,11-15,19-21,24-28H2,1H3/b7-6-,10-9-. The highest BCUT2D eigenvalue weighted by molar-refractivity contribution is 5.78. The zero-order valence-corrected chi connectivity index (χ0v) is 23.9. The molecule has 2 saturated heterocycles. The van der Waals surface area contributed by atoms with Gasteiger partial charge in [0.2, 0.25) is 0 Å². The van der Waals surface area contributed by atoms with Crippen molar-refractivity contribution in [3.05, 3.63) is 60.2 Å². The number of unbranched alkanes of at least 4 members (excludes halogenated alkanes) is 8. The quantitative estimate of drug-likeness (QED) is 0.0970. The molecular formula is C34H52O4. The van der Waals surface area contributed by atoms with Crippen LogP contribution in [-0.2, 0) is 25.4 Å². The van der Waals surface area contributed by atoms with E-state index in [1.165, 1.54) is 63.4 Å². The molecule has 4 heteroatoms. The Bertz CT molecular complexity index is 796. The summed E-state index contributed by atoms with van der Waals surface area (Å²) in [7, 11) is 0. The maximum Gasteiger partial charge on any atom is 0.313 e. The summed E-state index contributed by atoms with van der Waals surface area (Å²) in [6.45, 7) is 3.04. The summed E-state index contributed by atoms with van der Waals surface area (Å²) in [5.74, 6) is -0.121. The maximum atomic E-state index is 12.2. The first-order valence-electron chi connectivity index (χ1n) is 15.6. The predicted octanol–water partition coefficient (Wildman–Crippen LogP) is 8.89. The van der Waals surface area contributed by atoms with Gasteiger partial charge in [0.15, 0.2) is 6.29 Å². The second-order valence-corrected chi connectivity index (χ2v) is 11.1. The number of carbonyl (C=O) groups is 1. The number of benzene rings is 1. The summed E-state index contributed by atoms with van der Waals surface area (Å²) in [5.41, 5.74) is 1.20. The van der Waals surface area contributed by atoms with Crippen molar-refractivity contribution in [2.75, 3.05) is 6.61 Å². The lowest BCUT2D eigenvalue weighted by atomic mass is 9.86. The van der Waals surface area contributed by atoms with E-state index in [-0.39, 0.29) is 30.4 Å². The van der Waals surface area contributed by atoms with Gasteiger partial charge in [0.05, 0.1) is 12.0 Å². The SMILES string of the molecule is CCCCC/C=C\C/C=C\CCCCCCCC(CC1OC(=O)C1Cc1ccccc1)OC1CCCCO1. The molecule has 38 heavy (non-hydrogen) atoms. The fourth-order valence-corrected chi connectivity index (χ4v) is 5.41. The molecule has 0 N–H and O–H groups in total. The van der Waals surface area contributed by atoms with E-state index in [9.17, 15) is 4.79 Å². The zero-order chi connectivity index (χ0) is 26.7. The van der Waals surface area contributed by atoms with Crippen molar-refractivity contribution in [2.45, 2.75) is 135 Å². The van der Waals surface area contributed by atoms with Crippen LogP contribution in [0.4, 0.5) is 0 Å². The van der Waals surface area contributed by atoms with E-state index in [1.807, 2.05) is 18.2 Å². The summed E-state index contributed by atoms with van der Waals surface area (Å²) >= 11 is 0. The third-order valence-electron chi connectivity index (χ3n) is 7.77. The van der Waals surface area contributed by atoms with Crippen LogP contribution in [0.15, 0.2) is 54.6 Å². The van der Waals surface area contributed by atoms with Crippen LogP contribution in [0.3, 0.4) is 0 Å². The van der Waals surface area contributed by atoms with Crippen LogP contribution in [0.5, 0.6) is 0 Å². The predicted molar refractivity (Wildman–Crippen MR) is 156 cm³/mol. The molecule has 0 radical (unpaired) electrons. The van der Waals surface area contributed by atoms with Crippen LogP contribution < -0.4 is 0 Å². The summed E-state index contributed by atoms with van der Waals surface area (Å²) < 4.78 is 17.9. The average molecular weight is 525 g/mol. The molecule has 2 aliphatic heterocycles. The molecule has 0 aromatic heterocycles. The zero-order valence-electron chi connectivity index (χ0n) is 23.9. The van der Waals surface area contributed by atoms with E-state index >= 15 is 0 Å².